The van der Waals surface area contributed by atoms with E-state index >= 15 is 0 Å². The molecule has 204 valence electrons. The van der Waals surface area contributed by atoms with E-state index in [1.807, 2.05) is 73.3 Å². The van der Waals surface area contributed by atoms with Crippen molar-refractivity contribution in [2.75, 3.05) is 0 Å². The van der Waals surface area contributed by atoms with Gasteiger partial charge >= 0.3 is 0 Å². The Morgan fingerprint density at radius 1 is 0.326 bits per heavy atom. The number of hydrogen-bond donors (Lipinski definition) is 0. The molecular formula is C38H28N4Si. The number of hydrogen-bond acceptors (Lipinski definition) is 4. The van der Waals surface area contributed by atoms with Crippen LogP contribution in [0.15, 0.2) is 170 Å². The first-order chi connectivity index (χ1) is 21.3. The molecule has 4 aromatic heterocycles. The van der Waals surface area contributed by atoms with Gasteiger partial charge in [0.05, 0.1) is 11.4 Å². The molecule has 0 unspecified atom stereocenters. The second-order valence-electron chi connectivity index (χ2n) is 10.4. The van der Waals surface area contributed by atoms with Crippen molar-refractivity contribution in [2.45, 2.75) is 0 Å². The van der Waals surface area contributed by atoms with Crippen LogP contribution in [0.5, 0.6) is 0 Å². The highest BCUT2D eigenvalue weighted by Crippen LogP contribution is 2.20. The average Bonchev–Trinajstić information content (AvgIpc) is 3.11. The molecule has 4 nitrogen and oxygen atoms in total. The molecule has 3 aromatic carbocycles. The van der Waals surface area contributed by atoms with Gasteiger partial charge in [-0.05, 0) is 51.8 Å². The molecule has 0 fully saturated rings. The summed E-state index contributed by atoms with van der Waals surface area (Å²) < 4.78 is 0. The average molecular weight is 569 g/mol. The van der Waals surface area contributed by atoms with Crippen LogP contribution in [0.1, 0.15) is 0 Å². The van der Waals surface area contributed by atoms with Gasteiger partial charge in [0.2, 0.25) is 8.07 Å². The predicted molar refractivity (Wildman–Crippen MR) is 178 cm³/mol. The second-order valence-corrected chi connectivity index (χ2v) is 14.0. The van der Waals surface area contributed by atoms with Crippen LogP contribution in [-0.2, 0) is 0 Å². The standard InChI is InChI=1S/C38H28N4Si/c1-4-12-29(13-5-1)32-19-24-38(42-26-32)43(37-18-10-11-25-39-37,33-20-22-35(40-27-33)30-14-6-2-7-15-30)34-21-23-36(41-28-34)31-16-8-3-9-17-31/h1-28H. The lowest BCUT2D eigenvalue weighted by Gasteiger charge is -2.31. The summed E-state index contributed by atoms with van der Waals surface area (Å²) in [5, 5.41) is 4.16. The number of aromatic nitrogens is 4. The lowest BCUT2D eigenvalue weighted by atomic mass is 10.1. The molecule has 7 aromatic rings. The molecule has 0 radical (unpaired) electrons. The van der Waals surface area contributed by atoms with E-state index in [4.69, 9.17) is 19.9 Å². The van der Waals surface area contributed by atoms with E-state index in [0.29, 0.717) is 0 Å². The van der Waals surface area contributed by atoms with Crippen LogP contribution < -0.4 is 21.0 Å². The second kappa shape index (κ2) is 11.8. The molecule has 0 aliphatic heterocycles. The van der Waals surface area contributed by atoms with E-state index in [2.05, 4.69) is 97.1 Å². The summed E-state index contributed by atoms with van der Waals surface area (Å²) in [6, 6.07) is 50.0. The van der Waals surface area contributed by atoms with Gasteiger partial charge in [-0.15, -0.1) is 0 Å². The van der Waals surface area contributed by atoms with Crippen LogP contribution in [0.25, 0.3) is 33.6 Å². The zero-order valence-electron chi connectivity index (χ0n) is 23.5. The van der Waals surface area contributed by atoms with Crippen molar-refractivity contribution >= 4 is 29.1 Å². The topological polar surface area (TPSA) is 51.6 Å². The molecular weight excluding hydrogens is 541 g/mol. The SMILES string of the molecule is c1ccc(-c2ccc([Si](c3ccc(-c4ccccc4)nc3)(c3ccc(-c4ccccc4)nc3)c3ccccn3)nc2)cc1. The largest absolute Gasteiger partial charge is 0.265 e. The van der Waals surface area contributed by atoms with Crippen molar-refractivity contribution in [3.05, 3.63) is 170 Å². The number of rotatable bonds is 7. The third-order valence-electron chi connectivity index (χ3n) is 7.84. The quantitative estimate of drug-likeness (QED) is 0.234. The molecule has 0 atom stereocenters. The third kappa shape index (κ3) is 5.07. The normalized spacial score (nSPS) is 11.3. The Balaban J connectivity index is 1.44. The summed E-state index contributed by atoms with van der Waals surface area (Å²) in [7, 11) is -3.02. The van der Waals surface area contributed by atoms with Crippen molar-refractivity contribution < 1.29 is 0 Å². The smallest absolute Gasteiger partial charge is 0.226 e. The molecule has 5 heteroatoms. The lowest BCUT2D eigenvalue weighted by molar-refractivity contribution is 1.31. The summed E-state index contributed by atoms with van der Waals surface area (Å²) in [5.74, 6) is 0. The fraction of sp³-hybridized carbons (Fsp3) is 0. The minimum absolute atomic E-state index is 0.929. The minimum atomic E-state index is -3.02. The van der Waals surface area contributed by atoms with Crippen LogP contribution in [0.4, 0.5) is 0 Å². The van der Waals surface area contributed by atoms with Crippen molar-refractivity contribution in [1.82, 2.24) is 19.9 Å². The first-order valence-electron chi connectivity index (χ1n) is 14.3. The first-order valence-corrected chi connectivity index (χ1v) is 16.3. The van der Waals surface area contributed by atoms with Gasteiger partial charge in [-0.25, -0.2) is 0 Å². The molecule has 43 heavy (non-hydrogen) atoms. The summed E-state index contributed by atoms with van der Waals surface area (Å²) in [4.78, 5) is 20.1. The summed E-state index contributed by atoms with van der Waals surface area (Å²) in [5.41, 5.74) is 6.23. The number of pyridine rings is 4. The van der Waals surface area contributed by atoms with Crippen LogP contribution in [0.2, 0.25) is 0 Å². The maximum Gasteiger partial charge on any atom is 0.226 e. The van der Waals surface area contributed by atoms with E-state index < -0.39 is 8.07 Å². The highest BCUT2D eigenvalue weighted by Gasteiger charge is 2.45. The number of nitrogens with zero attached hydrogens (tertiary/aromatic N) is 4. The monoisotopic (exact) mass is 568 g/mol. The van der Waals surface area contributed by atoms with E-state index in [-0.39, 0.29) is 0 Å². The van der Waals surface area contributed by atoms with E-state index in [0.717, 1.165) is 54.6 Å². The Labute approximate surface area is 252 Å². The van der Waals surface area contributed by atoms with Crippen LogP contribution in [-0.4, -0.2) is 28.0 Å². The van der Waals surface area contributed by atoms with Crippen LogP contribution in [0.3, 0.4) is 0 Å². The third-order valence-corrected chi connectivity index (χ3v) is 12.3. The van der Waals surface area contributed by atoms with Gasteiger partial charge in [0, 0.05) is 46.5 Å². The van der Waals surface area contributed by atoms with Crippen molar-refractivity contribution in [3.63, 3.8) is 0 Å². The number of benzene rings is 3. The molecule has 0 saturated heterocycles. The van der Waals surface area contributed by atoms with Crippen LogP contribution >= 0.6 is 0 Å². The highest BCUT2D eigenvalue weighted by atomic mass is 28.3. The molecule has 0 N–H and O–H groups in total. The summed E-state index contributed by atoms with van der Waals surface area (Å²) in [6.07, 6.45) is 7.88. The molecule has 0 saturated carbocycles. The molecule has 4 heterocycles. The van der Waals surface area contributed by atoms with Crippen LogP contribution in [0, 0.1) is 0 Å². The fourth-order valence-electron chi connectivity index (χ4n) is 5.68. The van der Waals surface area contributed by atoms with Gasteiger partial charge in [0.1, 0.15) is 0 Å². The molecule has 7 rings (SSSR count). The van der Waals surface area contributed by atoms with Crippen molar-refractivity contribution in [1.29, 1.82) is 0 Å². The zero-order valence-corrected chi connectivity index (χ0v) is 24.5. The molecule has 0 aliphatic carbocycles. The summed E-state index contributed by atoms with van der Waals surface area (Å²) >= 11 is 0. The van der Waals surface area contributed by atoms with Gasteiger partial charge in [-0.3, -0.25) is 19.9 Å². The van der Waals surface area contributed by atoms with Crippen molar-refractivity contribution in [2.24, 2.45) is 0 Å². The van der Waals surface area contributed by atoms with Gasteiger partial charge in [-0.2, -0.15) is 0 Å². The molecule has 0 aliphatic rings. The van der Waals surface area contributed by atoms with Gasteiger partial charge in [0.15, 0.2) is 0 Å². The van der Waals surface area contributed by atoms with E-state index in [9.17, 15) is 0 Å². The fourth-order valence-corrected chi connectivity index (χ4v) is 9.85. The van der Waals surface area contributed by atoms with Gasteiger partial charge < -0.3 is 0 Å². The zero-order chi connectivity index (χ0) is 28.9. The summed E-state index contributed by atoms with van der Waals surface area (Å²) in [6.45, 7) is 0. The first kappa shape index (κ1) is 26.4. The van der Waals surface area contributed by atoms with E-state index in [1.165, 1.54) is 0 Å². The van der Waals surface area contributed by atoms with Crippen molar-refractivity contribution in [3.8, 4) is 33.6 Å². The molecule has 0 spiro atoms. The Kier molecular flexibility index (Phi) is 7.22. The maximum atomic E-state index is 5.18. The Morgan fingerprint density at radius 2 is 0.837 bits per heavy atom. The minimum Gasteiger partial charge on any atom is -0.265 e. The molecule has 0 bridgehead atoms. The maximum absolute atomic E-state index is 5.18. The Hall–Kier alpha value is -5.52. The molecule has 0 amide bonds. The highest BCUT2D eigenvalue weighted by molar-refractivity contribution is 7.19. The predicted octanol–water partition coefficient (Wildman–Crippen LogP) is 5.65. The van der Waals surface area contributed by atoms with Gasteiger partial charge in [-0.1, -0.05) is 115 Å². The van der Waals surface area contributed by atoms with Gasteiger partial charge in [0.25, 0.3) is 0 Å². The lowest BCUT2D eigenvalue weighted by Crippen LogP contribution is -2.76. The van der Waals surface area contributed by atoms with E-state index in [1.54, 1.807) is 0 Å². The Bertz CT molecular complexity index is 1710. The Morgan fingerprint density at radius 3 is 1.28 bits per heavy atom.